The van der Waals surface area contributed by atoms with Gasteiger partial charge in [-0.3, -0.25) is 4.79 Å². The topological polar surface area (TPSA) is 32.9 Å². The summed E-state index contributed by atoms with van der Waals surface area (Å²) in [6.45, 7) is 4.02. The minimum atomic E-state index is 0.0509. The molecular weight excluding hydrogens is 314 g/mol. The fourth-order valence-corrected chi connectivity index (χ4v) is 3.18. The van der Waals surface area contributed by atoms with Crippen LogP contribution in [0.4, 0.5) is 0 Å². The van der Waals surface area contributed by atoms with E-state index in [0.29, 0.717) is 5.56 Å². The zero-order valence-electron chi connectivity index (χ0n) is 11.3. The maximum absolute atomic E-state index is 12.7. The molecule has 3 heteroatoms. The van der Waals surface area contributed by atoms with E-state index in [2.05, 4.69) is 20.9 Å². The molecule has 0 amide bonds. The first-order chi connectivity index (χ1) is 9.56. The van der Waals surface area contributed by atoms with Crippen molar-refractivity contribution in [2.24, 2.45) is 0 Å². The number of aromatic amines is 1. The van der Waals surface area contributed by atoms with Gasteiger partial charge in [0.1, 0.15) is 0 Å². The summed E-state index contributed by atoms with van der Waals surface area (Å²) in [5, 5.41) is 1.01. The van der Waals surface area contributed by atoms with E-state index in [1.807, 2.05) is 50.2 Å². The number of hydrogen-bond acceptors (Lipinski definition) is 1. The van der Waals surface area contributed by atoms with Gasteiger partial charge in [-0.1, -0.05) is 28.1 Å². The number of fused-ring (bicyclic) bond motifs is 1. The van der Waals surface area contributed by atoms with Crippen molar-refractivity contribution in [1.82, 2.24) is 4.98 Å². The number of benzene rings is 2. The highest BCUT2D eigenvalue weighted by Crippen LogP contribution is 2.25. The highest BCUT2D eigenvalue weighted by Gasteiger charge is 2.16. The molecule has 3 rings (SSSR count). The molecule has 0 unspecified atom stereocenters. The SMILES string of the molecule is Cc1cc(Br)cc(C(=O)c2c[nH]c3cccc(C)c23)c1. The number of ketones is 1. The standard InChI is InChI=1S/C17H14BrNO/c1-10-6-12(8-13(18)7-10)17(20)14-9-19-15-5-3-4-11(2)16(14)15/h3-9,19H,1-2H3. The Morgan fingerprint density at radius 2 is 1.95 bits per heavy atom. The van der Waals surface area contributed by atoms with Gasteiger partial charge in [-0.2, -0.15) is 0 Å². The van der Waals surface area contributed by atoms with Gasteiger partial charge in [-0.05, 0) is 49.2 Å². The second kappa shape index (κ2) is 4.91. The molecule has 0 aliphatic rings. The van der Waals surface area contributed by atoms with Gasteiger partial charge in [-0.15, -0.1) is 0 Å². The summed E-state index contributed by atoms with van der Waals surface area (Å²) in [6.07, 6.45) is 1.80. The number of carbonyl (C=O) groups is 1. The largest absolute Gasteiger partial charge is 0.360 e. The Labute approximate surface area is 126 Å². The molecule has 0 aliphatic heterocycles. The Morgan fingerprint density at radius 3 is 2.70 bits per heavy atom. The lowest BCUT2D eigenvalue weighted by Crippen LogP contribution is -2.01. The van der Waals surface area contributed by atoms with E-state index in [-0.39, 0.29) is 5.78 Å². The van der Waals surface area contributed by atoms with Crippen LogP contribution in [0.2, 0.25) is 0 Å². The van der Waals surface area contributed by atoms with E-state index >= 15 is 0 Å². The first-order valence-electron chi connectivity index (χ1n) is 6.45. The van der Waals surface area contributed by atoms with Crippen molar-refractivity contribution in [3.63, 3.8) is 0 Å². The summed E-state index contributed by atoms with van der Waals surface area (Å²) in [4.78, 5) is 15.9. The molecule has 0 saturated heterocycles. The van der Waals surface area contributed by atoms with Crippen molar-refractivity contribution in [1.29, 1.82) is 0 Å². The predicted octanol–water partition coefficient (Wildman–Crippen LogP) is 4.78. The fraction of sp³-hybridized carbons (Fsp3) is 0.118. The number of nitrogens with one attached hydrogen (secondary N) is 1. The van der Waals surface area contributed by atoms with Crippen molar-refractivity contribution in [3.05, 3.63) is 69.3 Å². The normalized spacial score (nSPS) is 10.9. The van der Waals surface area contributed by atoms with Crippen LogP contribution >= 0.6 is 15.9 Å². The second-order valence-electron chi connectivity index (χ2n) is 5.05. The van der Waals surface area contributed by atoms with Gasteiger partial charge in [0.2, 0.25) is 0 Å². The number of H-pyrrole nitrogens is 1. The Bertz CT molecular complexity index is 797. The molecular formula is C17H14BrNO. The zero-order chi connectivity index (χ0) is 14.3. The molecule has 0 spiro atoms. The van der Waals surface area contributed by atoms with E-state index in [9.17, 15) is 4.79 Å². The van der Waals surface area contributed by atoms with Crippen LogP contribution in [0.1, 0.15) is 27.0 Å². The summed E-state index contributed by atoms with van der Waals surface area (Å²) in [5.41, 5.74) is 4.62. The van der Waals surface area contributed by atoms with Gasteiger partial charge in [0.25, 0.3) is 0 Å². The molecule has 2 nitrogen and oxygen atoms in total. The first-order valence-corrected chi connectivity index (χ1v) is 7.24. The Kier molecular flexibility index (Phi) is 3.22. The summed E-state index contributed by atoms with van der Waals surface area (Å²) in [6, 6.07) is 11.8. The molecule has 1 aromatic heterocycles. The molecule has 0 aliphatic carbocycles. The third-order valence-corrected chi connectivity index (χ3v) is 3.92. The summed E-state index contributed by atoms with van der Waals surface area (Å²) in [7, 11) is 0. The first kappa shape index (κ1) is 13.1. The third kappa shape index (κ3) is 2.18. The van der Waals surface area contributed by atoms with Crippen LogP contribution in [0.5, 0.6) is 0 Å². The molecule has 0 saturated carbocycles. The number of aromatic nitrogens is 1. The van der Waals surface area contributed by atoms with Crippen LogP contribution in [0.25, 0.3) is 10.9 Å². The molecule has 0 fully saturated rings. The summed E-state index contributed by atoms with van der Waals surface area (Å²) in [5.74, 6) is 0.0509. The average Bonchev–Trinajstić information content (AvgIpc) is 2.82. The maximum atomic E-state index is 12.7. The summed E-state index contributed by atoms with van der Waals surface area (Å²) >= 11 is 3.45. The molecule has 0 radical (unpaired) electrons. The van der Waals surface area contributed by atoms with Gasteiger partial charge in [0.15, 0.2) is 5.78 Å². The van der Waals surface area contributed by atoms with Crippen molar-refractivity contribution < 1.29 is 4.79 Å². The number of hydrogen-bond donors (Lipinski definition) is 1. The van der Waals surface area contributed by atoms with Crippen LogP contribution in [0.3, 0.4) is 0 Å². The van der Waals surface area contributed by atoms with E-state index in [1.165, 1.54) is 0 Å². The number of halogens is 1. The zero-order valence-corrected chi connectivity index (χ0v) is 12.9. The molecule has 20 heavy (non-hydrogen) atoms. The van der Waals surface area contributed by atoms with Crippen molar-refractivity contribution in [3.8, 4) is 0 Å². The van der Waals surface area contributed by atoms with Gasteiger partial charge in [-0.25, -0.2) is 0 Å². The van der Waals surface area contributed by atoms with Crippen LogP contribution in [-0.2, 0) is 0 Å². The Hall–Kier alpha value is -1.87. The Balaban J connectivity index is 2.18. The minimum absolute atomic E-state index is 0.0509. The quantitative estimate of drug-likeness (QED) is 0.675. The van der Waals surface area contributed by atoms with Crippen LogP contribution < -0.4 is 0 Å². The molecule has 0 atom stereocenters. The average molecular weight is 328 g/mol. The van der Waals surface area contributed by atoms with Crippen LogP contribution in [-0.4, -0.2) is 10.8 Å². The van der Waals surface area contributed by atoms with Crippen LogP contribution in [0, 0.1) is 13.8 Å². The van der Waals surface area contributed by atoms with Gasteiger partial charge >= 0.3 is 0 Å². The smallest absolute Gasteiger partial charge is 0.195 e. The van der Waals surface area contributed by atoms with Gasteiger partial charge < -0.3 is 4.98 Å². The molecule has 1 heterocycles. The lowest BCUT2D eigenvalue weighted by molar-refractivity contribution is 0.104. The van der Waals surface area contributed by atoms with E-state index in [0.717, 1.165) is 32.1 Å². The molecule has 0 bridgehead atoms. The predicted molar refractivity (Wildman–Crippen MR) is 85.3 cm³/mol. The lowest BCUT2D eigenvalue weighted by atomic mass is 9.99. The lowest BCUT2D eigenvalue weighted by Gasteiger charge is -2.04. The van der Waals surface area contributed by atoms with E-state index in [4.69, 9.17) is 0 Å². The molecule has 3 aromatic rings. The molecule has 2 aromatic carbocycles. The monoisotopic (exact) mass is 327 g/mol. The van der Waals surface area contributed by atoms with Crippen molar-refractivity contribution >= 4 is 32.6 Å². The molecule has 1 N–H and O–H groups in total. The maximum Gasteiger partial charge on any atom is 0.195 e. The number of rotatable bonds is 2. The number of carbonyl (C=O) groups excluding carboxylic acids is 1. The highest BCUT2D eigenvalue weighted by molar-refractivity contribution is 9.10. The highest BCUT2D eigenvalue weighted by atomic mass is 79.9. The van der Waals surface area contributed by atoms with Crippen LogP contribution in [0.15, 0.2) is 47.1 Å². The van der Waals surface area contributed by atoms with Gasteiger partial charge in [0, 0.05) is 32.7 Å². The minimum Gasteiger partial charge on any atom is -0.360 e. The second-order valence-corrected chi connectivity index (χ2v) is 5.96. The van der Waals surface area contributed by atoms with Gasteiger partial charge in [0.05, 0.1) is 0 Å². The Morgan fingerprint density at radius 1 is 1.15 bits per heavy atom. The molecule has 100 valence electrons. The van der Waals surface area contributed by atoms with Crippen molar-refractivity contribution in [2.45, 2.75) is 13.8 Å². The fourth-order valence-electron chi connectivity index (χ4n) is 2.57. The third-order valence-electron chi connectivity index (χ3n) is 3.46. The number of aryl methyl sites for hydroxylation is 2. The van der Waals surface area contributed by atoms with E-state index in [1.54, 1.807) is 6.20 Å². The van der Waals surface area contributed by atoms with E-state index < -0.39 is 0 Å². The van der Waals surface area contributed by atoms with Crippen molar-refractivity contribution in [2.75, 3.05) is 0 Å². The summed E-state index contributed by atoms with van der Waals surface area (Å²) < 4.78 is 0.928.